The molecule has 0 aromatic heterocycles. The average Bonchev–Trinajstić information content (AvgIpc) is 3.42. The molecule has 3 saturated heterocycles. The first-order chi connectivity index (χ1) is 16.2. The minimum absolute atomic E-state index is 0.176. The van der Waals surface area contributed by atoms with Gasteiger partial charge in [0.25, 0.3) is 0 Å². The topological polar surface area (TPSA) is 105 Å². The lowest BCUT2D eigenvalue weighted by Gasteiger charge is -2.37. The van der Waals surface area contributed by atoms with Gasteiger partial charge in [0, 0.05) is 0 Å². The van der Waals surface area contributed by atoms with E-state index in [0.717, 1.165) is 5.56 Å². The number of hydrogen-bond donors (Lipinski definition) is 2. The molecular formula is C25H33ClN2O6. The van der Waals surface area contributed by atoms with Crippen molar-refractivity contribution in [2.24, 2.45) is 17.8 Å². The number of amides is 2. The van der Waals surface area contributed by atoms with Crippen molar-refractivity contribution in [1.29, 1.82) is 0 Å². The van der Waals surface area contributed by atoms with Gasteiger partial charge in [-0.3, -0.25) is 14.4 Å². The average molecular weight is 493 g/mol. The van der Waals surface area contributed by atoms with Crippen molar-refractivity contribution < 1.29 is 29.0 Å². The van der Waals surface area contributed by atoms with E-state index in [1.165, 1.54) is 4.90 Å². The maximum absolute atomic E-state index is 13.9. The zero-order chi connectivity index (χ0) is 24.8. The second-order valence-corrected chi connectivity index (χ2v) is 10.3. The third-order valence-electron chi connectivity index (χ3n) is 7.36. The van der Waals surface area contributed by atoms with Gasteiger partial charge >= 0.3 is 5.97 Å². The summed E-state index contributed by atoms with van der Waals surface area (Å²) >= 11 is 6.36. The van der Waals surface area contributed by atoms with Crippen molar-refractivity contribution in [3.8, 4) is 0 Å². The lowest BCUT2D eigenvalue weighted by Crippen LogP contribution is -2.56. The maximum atomic E-state index is 13.9. The number of para-hydroxylation sites is 1. The zero-order valence-electron chi connectivity index (χ0n) is 20.0. The Morgan fingerprint density at radius 3 is 2.74 bits per heavy atom. The highest BCUT2D eigenvalue weighted by Crippen LogP contribution is 2.59. The van der Waals surface area contributed by atoms with Crippen molar-refractivity contribution in [2.75, 3.05) is 18.5 Å². The van der Waals surface area contributed by atoms with E-state index < -0.39 is 47.5 Å². The summed E-state index contributed by atoms with van der Waals surface area (Å²) in [6.07, 6.45) is 1.07. The van der Waals surface area contributed by atoms with Gasteiger partial charge in [0.05, 0.1) is 47.9 Å². The Balaban J connectivity index is 1.77. The number of halogens is 1. The van der Waals surface area contributed by atoms with Crippen molar-refractivity contribution in [1.82, 2.24) is 4.90 Å². The van der Waals surface area contributed by atoms with Gasteiger partial charge in [0.1, 0.15) is 11.6 Å². The number of carbonyl (C=O) groups excluding carboxylic acids is 3. The molecule has 9 heteroatoms. The number of aliphatic hydroxyl groups excluding tert-OH is 1. The molecule has 3 fully saturated rings. The molecule has 6 atom stereocenters. The Bertz CT molecular complexity index is 964. The highest BCUT2D eigenvalue weighted by Gasteiger charge is 2.75. The highest BCUT2D eigenvalue weighted by molar-refractivity contribution is 6.34. The van der Waals surface area contributed by atoms with E-state index in [0.29, 0.717) is 30.0 Å². The molecule has 0 saturated carbocycles. The summed E-state index contributed by atoms with van der Waals surface area (Å²) < 4.78 is 11.6. The van der Waals surface area contributed by atoms with Gasteiger partial charge in [-0.1, -0.05) is 37.6 Å². The number of esters is 1. The van der Waals surface area contributed by atoms with Crippen molar-refractivity contribution in [3.63, 3.8) is 0 Å². The van der Waals surface area contributed by atoms with Crippen LogP contribution in [0.3, 0.4) is 0 Å². The molecular weight excluding hydrogens is 460 g/mol. The number of benzene rings is 1. The number of likely N-dealkylation sites (tertiary alicyclic amines) is 1. The van der Waals surface area contributed by atoms with Gasteiger partial charge in [-0.05, 0) is 50.7 Å². The monoisotopic (exact) mass is 492 g/mol. The first kappa shape index (κ1) is 24.9. The first-order valence-electron chi connectivity index (χ1n) is 12.0. The number of anilines is 1. The van der Waals surface area contributed by atoms with Crippen LogP contribution in [0.4, 0.5) is 5.69 Å². The molecule has 3 heterocycles. The first-order valence-corrected chi connectivity index (χ1v) is 12.4. The molecule has 4 rings (SSSR count). The third kappa shape index (κ3) is 3.89. The molecule has 186 valence electrons. The number of rotatable bonds is 8. The molecule has 8 nitrogen and oxygen atoms in total. The fourth-order valence-corrected chi connectivity index (χ4v) is 6.36. The van der Waals surface area contributed by atoms with E-state index in [1.54, 1.807) is 19.1 Å². The molecule has 1 spiro atoms. The number of carbonyl (C=O) groups is 3. The van der Waals surface area contributed by atoms with E-state index in [9.17, 15) is 19.5 Å². The van der Waals surface area contributed by atoms with Crippen LogP contribution in [0.1, 0.15) is 45.6 Å². The third-order valence-corrected chi connectivity index (χ3v) is 7.68. The van der Waals surface area contributed by atoms with Crippen LogP contribution < -0.4 is 5.32 Å². The Kier molecular flexibility index (Phi) is 6.95. The van der Waals surface area contributed by atoms with E-state index in [1.807, 2.05) is 26.8 Å². The summed E-state index contributed by atoms with van der Waals surface area (Å²) in [5.74, 6) is -2.65. The number of nitrogens with one attached hydrogen (secondary N) is 1. The summed E-state index contributed by atoms with van der Waals surface area (Å²) in [5.41, 5.74) is 0.107. The van der Waals surface area contributed by atoms with Gasteiger partial charge in [-0.2, -0.15) is 0 Å². The predicted molar refractivity (Wildman–Crippen MR) is 126 cm³/mol. The van der Waals surface area contributed by atoms with Crippen LogP contribution in [0.5, 0.6) is 0 Å². The quantitative estimate of drug-likeness (QED) is 0.540. The predicted octanol–water partition coefficient (Wildman–Crippen LogP) is 2.93. The zero-order valence-corrected chi connectivity index (χ0v) is 20.8. The minimum Gasteiger partial charge on any atom is -0.466 e. The molecule has 2 unspecified atom stereocenters. The van der Waals surface area contributed by atoms with Gasteiger partial charge < -0.3 is 24.8 Å². The molecule has 2 N–H and O–H groups in total. The highest BCUT2D eigenvalue weighted by atomic mass is 35.5. The number of aryl methyl sites for hydroxylation is 1. The van der Waals surface area contributed by atoms with Gasteiger partial charge in [-0.25, -0.2) is 0 Å². The fourth-order valence-electron chi connectivity index (χ4n) is 6.09. The standard InChI is InChI=1S/C25H33ClN2O6/c1-5-33-24(32)18-17-9-10-25(34-17)19(18)23(31)28(15(12-29)11-13(2)3)21(25)22(30)27-20-14(4)7-6-8-16(20)26/h6-8,13,15,17-19,21,29H,5,9-12H2,1-4H3,(H,27,30)/t15-,17-,18+,19+,21?,25?/m1/s1. The van der Waals surface area contributed by atoms with Gasteiger partial charge in [0.2, 0.25) is 11.8 Å². The molecule has 0 aliphatic carbocycles. The summed E-state index contributed by atoms with van der Waals surface area (Å²) in [6, 6.07) is 3.74. The second-order valence-electron chi connectivity index (χ2n) is 9.94. The van der Waals surface area contributed by atoms with Crippen molar-refractivity contribution >= 4 is 35.1 Å². The van der Waals surface area contributed by atoms with E-state index in [-0.39, 0.29) is 25.0 Å². The van der Waals surface area contributed by atoms with E-state index >= 15 is 0 Å². The molecule has 1 aromatic carbocycles. The Labute approximate surface area is 204 Å². The lowest BCUT2D eigenvalue weighted by atomic mass is 9.70. The number of nitrogens with zero attached hydrogens (tertiary/aromatic N) is 1. The number of aliphatic hydroxyl groups is 1. The number of hydrogen-bond acceptors (Lipinski definition) is 6. The summed E-state index contributed by atoms with van der Waals surface area (Å²) in [4.78, 5) is 42.1. The molecule has 1 aromatic rings. The Morgan fingerprint density at radius 2 is 2.12 bits per heavy atom. The summed E-state index contributed by atoms with van der Waals surface area (Å²) in [6.45, 7) is 7.44. The van der Waals surface area contributed by atoms with Crippen LogP contribution in [-0.2, 0) is 23.9 Å². The summed E-state index contributed by atoms with van der Waals surface area (Å²) in [5, 5.41) is 13.6. The Morgan fingerprint density at radius 1 is 1.38 bits per heavy atom. The van der Waals surface area contributed by atoms with E-state index in [4.69, 9.17) is 21.1 Å². The molecule has 2 amide bonds. The molecule has 34 heavy (non-hydrogen) atoms. The Hall–Kier alpha value is -2.16. The van der Waals surface area contributed by atoms with Crippen LogP contribution >= 0.6 is 11.6 Å². The largest absolute Gasteiger partial charge is 0.466 e. The number of fused-ring (bicyclic) bond motifs is 1. The maximum Gasteiger partial charge on any atom is 0.312 e. The van der Waals surface area contributed by atoms with Crippen LogP contribution in [0.25, 0.3) is 0 Å². The van der Waals surface area contributed by atoms with Crippen LogP contribution in [0.2, 0.25) is 5.02 Å². The van der Waals surface area contributed by atoms with Gasteiger partial charge in [0.15, 0.2) is 0 Å². The lowest BCUT2D eigenvalue weighted by molar-refractivity contribution is -0.155. The summed E-state index contributed by atoms with van der Waals surface area (Å²) in [7, 11) is 0. The minimum atomic E-state index is -1.15. The molecule has 2 bridgehead atoms. The van der Waals surface area contributed by atoms with Crippen LogP contribution in [0.15, 0.2) is 18.2 Å². The van der Waals surface area contributed by atoms with E-state index in [2.05, 4.69) is 5.32 Å². The van der Waals surface area contributed by atoms with Crippen molar-refractivity contribution in [2.45, 2.75) is 70.7 Å². The second kappa shape index (κ2) is 9.47. The smallest absolute Gasteiger partial charge is 0.312 e. The van der Waals surface area contributed by atoms with Crippen LogP contribution in [-0.4, -0.2) is 64.8 Å². The SMILES string of the molecule is CCOC(=O)[C@@H]1[C@H]2C(=O)N([C@@H](CO)CC(C)C)C(C(=O)Nc3c(C)cccc3Cl)C23CC[C@H]1O3. The van der Waals surface area contributed by atoms with Crippen LogP contribution in [0, 0.1) is 24.7 Å². The normalized spacial score (nSPS) is 30.6. The number of ether oxygens (including phenoxy) is 2. The molecule has 0 radical (unpaired) electrons. The molecule has 3 aliphatic heterocycles. The van der Waals surface area contributed by atoms with Crippen molar-refractivity contribution in [3.05, 3.63) is 28.8 Å². The molecule has 3 aliphatic rings. The van der Waals surface area contributed by atoms with Gasteiger partial charge in [-0.15, -0.1) is 0 Å². The fraction of sp³-hybridized carbons (Fsp3) is 0.640.